The fraction of sp³-hybridized carbons (Fsp3) is 0.333. The van der Waals surface area contributed by atoms with Crippen molar-refractivity contribution in [3.05, 3.63) is 59.1 Å². The number of hydrogen-bond donors (Lipinski definition) is 1. The number of rotatable bonds is 4. The summed E-state index contributed by atoms with van der Waals surface area (Å²) >= 11 is 6.27. The van der Waals surface area contributed by atoms with Crippen LogP contribution in [0, 0.1) is 0 Å². The van der Waals surface area contributed by atoms with Crippen molar-refractivity contribution in [2.45, 2.75) is 32.2 Å². The lowest BCUT2D eigenvalue weighted by molar-refractivity contribution is 0.726. The molecule has 2 aromatic carbocycles. The van der Waals surface area contributed by atoms with Gasteiger partial charge in [0.1, 0.15) is 5.82 Å². The largest absolute Gasteiger partial charge is 0.356 e. The van der Waals surface area contributed by atoms with Crippen LogP contribution in [0.15, 0.2) is 48.5 Å². The molecule has 1 aliphatic heterocycles. The summed E-state index contributed by atoms with van der Waals surface area (Å²) in [5.41, 5.74) is 2.02. The van der Waals surface area contributed by atoms with Crippen molar-refractivity contribution >= 4 is 34.3 Å². The fourth-order valence-corrected chi connectivity index (χ4v) is 3.68. The summed E-state index contributed by atoms with van der Waals surface area (Å²) < 4.78 is 0. The third-order valence-corrected chi connectivity index (χ3v) is 5.25. The van der Waals surface area contributed by atoms with Crippen LogP contribution in [-0.4, -0.2) is 23.1 Å². The first-order valence-electron chi connectivity index (χ1n) is 9.30. The molecule has 0 bridgehead atoms. The highest BCUT2D eigenvalue weighted by atomic mass is 35.5. The molecule has 1 aromatic heterocycles. The molecule has 1 saturated heterocycles. The summed E-state index contributed by atoms with van der Waals surface area (Å²) in [5, 5.41) is 5.24. The van der Waals surface area contributed by atoms with E-state index >= 15 is 0 Å². The Balaban J connectivity index is 1.66. The summed E-state index contributed by atoms with van der Waals surface area (Å²) in [6.45, 7) is 2.73. The molecular weight excluding hydrogens is 344 g/mol. The fourth-order valence-electron chi connectivity index (χ4n) is 3.48. The van der Waals surface area contributed by atoms with Gasteiger partial charge in [-0.15, -0.1) is 0 Å². The Morgan fingerprint density at radius 2 is 1.62 bits per heavy atom. The van der Waals surface area contributed by atoms with E-state index < -0.39 is 0 Å². The molecule has 1 N–H and O–H groups in total. The number of fused-ring (bicyclic) bond motifs is 1. The first kappa shape index (κ1) is 17.1. The third kappa shape index (κ3) is 3.75. The molecule has 0 saturated carbocycles. The van der Waals surface area contributed by atoms with E-state index in [1.54, 1.807) is 0 Å². The van der Waals surface area contributed by atoms with Crippen molar-refractivity contribution in [3.8, 4) is 0 Å². The lowest BCUT2D eigenvalue weighted by Crippen LogP contribution is -2.25. The quantitative estimate of drug-likeness (QED) is 0.682. The Bertz CT molecular complexity index is 888. The zero-order valence-corrected chi connectivity index (χ0v) is 15.5. The van der Waals surface area contributed by atoms with Gasteiger partial charge in [-0.05, 0) is 36.6 Å². The van der Waals surface area contributed by atoms with Crippen LogP contribution in [0.1, 0.15) is 31.2 Å². The van der Waals surface area contributed by atoms with Crippen LogP contribution in [0.5, 0.6) is 0 Å². The van der Waals surface area contributed by atoms with Crippen LogP contribution in [0.4, 0.5) is 11.8 Å². The number of nitrogens with zero attached hydrogens (tertiary/aromatic N) is 3. The molecule has 26 heavy (non-hydrogen) atoms. The monoisotopic (exact) mass is 366 g/mol. The predicted octanol–water partition coefficient (Wildman–Crippen LogP) is 5.28. The minimum Gasteiger partial charge on any atom is -0.356 e. The molecule has 2 heterocycles. The molecule has 0 unspecified atom stereocenters. The zero-order chi connectivity index (χ0) is 17.8. The number of para-hydroxylation sites is 1. The summed E-state index contributed by atoms with van der Waals surface area (Å²) in [6.07, 6.45) is 5.05. The second kappa shape index (κ2) is 7.92. The maximum Gasteiger partial charge on any atom is 0.225 e. The van der Waals surface area contributed by atoms with Gasteiger partial charge >= 0.3 is 0 Å². The highest BCUT2D eigenvalue weighted by molar-refractivity contribution is 6.31. The van der Waals surface area contributed by atoms with E-state index in [1.807, 2.05) is 30.3 Å². The minimum atomic E-state index is 0.609. The standard InChI is InChI=1S/C21H23ClN4/c22-18-11-5-3-9-16(18)15-23-21-24-19-12-6-4-10-17(19)20(25-21)26-13-7-1-2-8-14-26/h3-6,9-12H,1-2,7-8,13-15H2,(H,23,24,25). The molecule has 0 atom stereocenters. The summed E-state index contributed by atoms with van der Waals surface area (Å²) in [5.74, 6) is 1.70. The topological polar surface area (TPSA) is 41.1 Å². The number of anilines is 2. The predicted molar refractivity (Wildman–Crippen MR) is 109 cm³/mol. The Labute approximate surface area is 159 Å². The van der Waals surface area contributed by atoms with Crippen LogP contribution in [-0.2, 0) is 6.54 Å². The minimum absolute atomic E-state index is 0.609. The summed E-state index contributed by atoms with van der Waals surface area (Å²) in [4.78, 5) is 12.0. The van der Waals surface area contributed by atoms with Crippen molar-refractivity contribution in [1.29, 1.82) is 0 Å². The number of nitrogens with one attached hydrogen (secondary N) is 1. The van der Waals surface area contributed by atoms with Gasteiger partial charge < -0.3 is 10.2 Å². The van der Waals surface area contributed by atoms with Crippen molar-refractivity contribution < 1.29 is 0 Å². The molecule has 134 valence electrons. The second-order valence-electron chi connectivity index (χ2n) is 6.73. The SMILES string of the molecule is Clc1ccccc1CNc1nc(N2CCCCCC2)c2ccccc2n1. The third-order valence-electron chi connectivity index (χ3n) is 4.88. The first-order chi connectivity index (χ1) is 12.8. The lowest BCUT2D eigenvalue weighted by Gasteiger charge is -2.23. The van der Waals surface area contributed by atoms with Crippen LogP contribution >= 0.6 is 11.6 Å². The maximum atomic E-state index is 6.27. The van der Waals surface area contributed by atoms with E-state index in [9.17, 15) is 0 Å². The second-order valence-corrected chi connectivity index (χ2v) is 7.14. The summed E-state index contributed by atoms with van der Waals surface area (Å²) in [6, 6.07) is 16.1. The van der Waals surface area contributed by atoms with Crippen molar-refractivity contribution in [2.24, 2.45) is 0 Å². The van der Waals surface area contributed by atoms with Gasteiger partial charge in [0.15, 0.2) is 0 Å². The van der Waals surface area contributed by atoms with Gasteiger partial charge in [-0.2, -0.15) is 4.98 Å². The van der Waals surface area contributed by atoms with E-state index in [-0.39, 0.29) is 0 Å². The van der Waals surface area contributed by atoms with Crippen LogP contribution in [0.25, 0.3) is 10.9 Å². The Morgan fingerprint density at radius 3 is 2.42 bits per heavy atom. The van der Waals surface area contributed by atoms with Crippen LogP contribution < -0.4 is 10.2 Å². The van der Waals surface area contributed by atoms with E-state index in [2.05, 4.69) is 28.4 Å². The number of hydrogen-bond acceptors (Lipinski definition) is 4. The molecule has 0 amide bonds. The van der Waals surface area contributed by atoms with Gasteiger partial charge in [0.25, 0.3) is 0 Å². The van der Waals surface area contributed by atoms with Crippen molar-refractivity contribution in [3.63, 3.8) is 0 Å². The molecule has 0 spiro atoms. The van der Waals surface area contributed by atoms with Gasteiger partial charge in [-0.3, -0.25) is 0 Å². The Kier molecular flexibility index (Phi) is 5.21. The molecule has 0 radical (unpaired) electrons. The van der Waals surface area contributed by atoms with Crippen molar-refractivity contribution in [2.75, 3.05) is 23.3 Å². The molecule has 3 aromatic rings. The van der Waals surface area contributed by atoms with Gasteiger partial charge in [-0.1, -0.05) is 54.8 Å². The Hall–Kier alpha value is -2.33. The smallest absolute Gasteiger partial charge is 0.225 e. The molecule has 5 heteroatoms. The molecule has 1 aliphatic rings. The van der Waals surface area contributed by atoms with E-state index in [1.165, 1.54) is 25.7 Å². The zero-order valence-electron chi connectivity index (χ0n) is 14.8. The highest BCUT2D eigenvalue weighted by Gasteiger charge is 2.16. The molecule has 4 rings (SSSR count). The number of benzene rings is 2. The highest BCUT2D eigenvalue weighted by Crippen LogP contribution is 2.27. The van der Waals surface area contributed by atoms with E-state index in [4.69, 9.17) is 21.6 Å². The van der Waals surface area contributed by atoms with E-state index in [0.717, 1.165) is 40.4 Å². The number of halogens is 1. The van der Waals surface area contributed by atoms with Crippen LogP contribution in [0.2, 0.25) is 5.02 Å². The van der Waals surface area contributed by atoms with Gasteiger partial charge in [0, 0.05) is 30.0 Å². The average molecular weight is 367 g/mol. The normalized spacial score (nSPS) is 15.0. The lowest BCUT2D eigenvalue weighted by atomic mass is 10.2. The van der Waals surface area contributed by atoms with Gasteiger partial charge in [0.05, 0.1) is 5.52 Å². The molecule has 4 nitrogen and oxygen atoms in total. The molecule has 0 aliphatic carbocycles. The first-order valence-corrected chi connectivity index (χ1v) is 9.68. The molecule has 1 fully saturated rings. The summed E-state index contributed by atoms with van der Waals surface area (Å²) in [7, 11) is 0. The Morgan fingerprint density at radius 1 is 0.885 bits per heavy atom. The maximum absolute atomic E-state index is 6.27. The van der Waals surface area contributed by atoms with E-state index in [0.29, 0.717) is 12.5 Å². The average Bonchev–Trinajstić information content (AvgIpc) is 2.96. The van der Waals surface area contributed by atoms with Gasteiger partial charge in [-0.25, -0.2) is 4.98 Å². The number of aromatic nitrogens is 2. The van der Waals surface area contributed by atoms with Crippen LogP contribution in [0.3, 0.4) is 0 Å². The molecular formula is C21H23ClN4. The van der Waals surface area contributed by atoms with Crippen molar-refractivity contribution in [1.82, 2.24) is 9.97 Å². The van der Waals surface area contributed by atoms with Gasteiger partial charge in [0.2, 0.25) is 5.95 Å².